The molecule has 4 rings (SSSR count). The Morgan fingerprint density at radius 2 is 2.03 bits per heavy atom. The molecule has 2 aromatic heterocycles. The Hall–Kier alpha value is -2.64. The van der Waals surface area contributed by atoms with Gasteiger partial charge >= 0.3 is 0 Å². The Kier molecular flexibility index (Phi) is 7.60. The van der Waals surface area contributed by atoms with Gasteiger partial charge in [-0.2, -0.15) is 0 Å². The van der Waals surface area contributed by atoms with E-state index in [9.17, 15) is 0 Å². The lowest BCUT2D eigenvalue weighted by Crippen LogP contribution is -2.34. The number of ether oxygens (including phenoxy) is 2. The zero-order valence-electron chi connectivity index (χ0n) is 19.0. The third kappa shape index (κ3) is 5.58. The highest BCUT2D eigenvalue weighted by Gasteiger charge is 2.25. The molecule has 0 radical (unpaired) electrons. The van der Waals surface area contributed by atoms with Crippen molar-refractivity contribution in [3.8, 4) is 11.5 Å². The average molecular weight is 451 g/mol. The zero-order chi connectivity index (χ0) is 22.3. The standard InChI is InChI=1S/C25H30N4O2S/c1-18-14-27-25(32-17-21-8-4-5-11-26-21)28-24(18)20-7-6-12-29(16-20)15-19-9-10-22(30-2)13-23(19)31-3/h4-5,8-11,13-14,20H,6-7,12,15-17H2,1-3H3. The lowest BCUT2D eigenvalue weighted by Gasteiger charge is -2.33. The first-order valence-corrected chi connectivity index (χ1v) is 11.9. The smallest absolute Gasteiger partial charge is 0.188 e. The Labute approximate surface area is 194 Å². The molecule has 0 saturated carbocycles. The van der Waals surface area contributed by atoms with Gasteiger partial charge in [-0.25, -0.2) is 9.97 Å². The number of nitrogens with zero attached hydrogens (tertiary/aromatic N) is 4. The largest absolute Gasteiger partial charge is 0.497 e. The molecule has 3 aromatic rings. The molecule has 1 aliphatic rings. The summed E-state index contributed by atoms with van der Waals surface area (Å²) in [6, 6.07) is 12.0. The van der Waals surface area contributed by atoms with Crippen molar-refractivity contribution in [1.29, 1.82) is 0 Å². The van der Waals surface area contributed by atoms with Crippen molar-refractivity contribution in [2.45, 2.75) is 43.1 Å². The van der Waals surface area contributed by atoms with Crippen LogP contribution in [0.4, 0.5) is 0 Å². The summed E-state index contributed by atoms with van der Waals surface area (Å²) in [7, 11) is 3.39. The molecular formula is C25H30N4O2S. The quantitative estimate of drug-likeness (QED) is 0.358. The van der Waals surface area contributed by atoms with Crippen LogP contribution in [0.5, 0.6) is 11.5 Å². The molecule has 6 nitrogen and oxygen atoms in total. The average Bonchev–Trinajstić information content (AvgIpc) is 2.84. The Balaban J connectivity index is 1.45. The summed E-state index contributed by atoms with van der Waals surface area (Å²) in [6.45, 7) is 5.04. The van der Waals surface area contributed by atoms with E-state index in [1.165, 1.54) is 16.8 Å². The van der Waals surface area contributed by atoms with E-state index in [1.54, 1.807) is 26.0 Å². The molecule has 168 valence electrons. The number of aromatic nitrogens is 3. The Bertz CT molecular complexity index is 1030. The van der Waals surface area contributed by atoms with Crippen LogP contribution in [-0.2, 0) is 12.3 Å². The van der Waals surface area contributed by atoms with Gasteiger partial charge in [-0.15, -0.1) is 0 Å². The van der Waals surface area contributed by atoms with Crippen LogP contribution in [0.2, 0.25) is 0 Å². The van der Waals surface area contributed by atoms with Gasteiger partial charge in [0, 0.05) is 48.8 Å². The molecule has 1 unspecified atom stereocenters. The van der Waals surface area contributed by atoms with Crippen LogP contribution in [0.1, 0.15) is 41.3 Å². The predicted molar refractivity (Wildman–Crippen MR) is 127 cm³/mol. The van der Waals surface area contributed by atoms with Crippen molar-refractivity contribution >= 4 is 11.8 Å². The molecule has 1 aromatic carbocycles. The van der Waals surface area contributed by atoms with E-state index >= 15 is 0 Å². The third-order valence-corrected chi connectivity index (χ3v) is 6.74. The van der Waals surface area contributed by atoms with E-state index in [0.29, 0.717) is 5.92 Å². The van der Waals surface area contributed by atoms with Crippen molar-refractivity contribution in [1.82, 2.24) is 19.9 Å². The monoisotopic (exact) mass is 450 g/mol. The maximum atomic E-state index is 5.60. The van der Waals surface area contributed by atoms with E-state index in [-0.39, 0.29) is 0 Å². The molecule has 0 N–H and O–H groups in total. The van der Waals surface area contributed by atoms with Crippen LogP contribution < -0.4 is 9.47 Å². The van der Waals surface area contributed by atoms with Gasteiger partial charge in [0.2, 0.25) is 0 Å². The molecule has 0 amide bonds. The second-order valence-corrected chi connectivity index (χ2v) is 9.03. The molecule has 1 atom stereocenters. The summed E-state index contributed by atoms with van der Waals surface area (Å²) in [6.07, 6.45) is 6.10. The molecule has 7 heteroatoms. The number of hydrogen-bond donors (Lipinski definition) is 0. The van der Waals surface area contributed by atoms with Crippen LogP contribution in [0.15, 0.2) is 53.9 Å². The van der Waals surface area contributed by atoms with Gasteiger partial charge in [0.15, 0.2) is 5.16 Å². The summed E-state index contributed by atoms with van der Waals surface area (Å²) in [5.74, 6) is 2.87. The summed E-state index contributed by atoms with van der Waals surface area (Å²) < 4.78 is 10.9. The lowest BCUT2D eigenvalue weighted by molar-refractivity contribution is 0.195. The van der Waals surface area contributed by atoms with Crippen LogP contribution in [0, 0.1) is 6.92 Å². The number of aryl methyl sites for hydroxylation is 1. The van der Waals surface area contributed by atoms with Gasteiger partial charge in [0.05, 0.1) is 25.6 Å². The van der Waals surface area contributed by atoms with Gasteiger partial charge in [0.1, 0.15) is 11.5 Å². The minimum absolute atomic E-state index is 0.408. The second kappa shape index (κ2) is 10.8. The van der Waals surface area contributed by atoms with Crippen molar-refractivity contribution in [3.05, 3.63) is 71.3 Å². The van der Waals surface area contributed by atoms with E-state index < -0.39 is 0 Å². The van der Waals surface area contributed by atoms with E-state index in [4.69, 9.17) is 14.5 Å². The summed E-state index contributed by atoms with van der Waals surface area (Å²) >= 11 is 1.65. The minimum Gasteiger partial charge on any atom is -0.497 e. The number of pyridine rings is 1. The highest BCUT2D eigenvalue weighted by Crippen LogP contribution is 2.32. The van der Waals surface area contributed by atoms with Crippen molar-refractivity contribution in [2.24, 2.45) is 0 Å². The first-order chi connectivity index (χ1) is 15.7. The SMILES string of the molecule is COc1ccc(CN2CCCC(c3nc(SCc4ccccn4)ncc3C)C2)c(OC)c1. The maximum Gasteiger partial charge on any atom is 0.188 e. The molecule has 1 saturated heterocycles. The summed E-state index contributed by atoms with van der Waals surface area (Å²) in [5, 5.41) is 0.824. The molecule has 1 aliphatic heterocycles. The number of rotatable bonds is 8. The Morgan fingerprint density at radius 1 is 1.12 bits per heavy atom. The number of thioether (sulfide) groups is 1. The van der Waals surface area contributed by atoms with Gasteiger partial charge < -0.3 is 9.47 Å². The van der Waals surface area contributed by atoms with Crippen LogP contribution in [-0.4, -0.2) is 47.2 Å². The number of piperidine rings is 1. The van der Waals surface area contributed by atoms with Gasteiger partial charge in [-0.05, 0) is 50.1 Å². The van der Waals surface area contributed by atoms with Crippen LogP contribution in [0.25, 0.3) is 0 Å². The number of methoxy groups -OCH3 is 2. The molecule has 3 heterocycles. The predicted octanol–water partition coefficient (Wildman–Crippen LogP) is 4.87. The first kappa shape index (κ1) is 22.6. The number of hydrogen-bond acceptors (Lipinski definition) is 7. The lowest BCUT2D eigenvalue weighted by atomic mass is 9.92. The van der Waals surface area contributed by atoms with Crippen LogP contribution in [0.3, 0.4) is 0 Å². The highest BCUT2D eigenvalue weighted by molar-refractivity contribution is 7.98. The zero-order valence-corrected chi connectivity index (χ0v) is 19.8. The Morgan fingerprint density at radius 3 is 2.81 bits per heavy atom. The topological polar surface area (TPSA) is 60.4 Å². The number of benzene rings is 1. The molecule has 1 fully saturated rings. The third-order valence-electron chi connectivity index (χ3n) is 5.84. The number of likely N-dealkylation sites (tertiary alicyclic amines) is 1. The van der Waals surface area contributed by atoms with E-state index in [0.717, 1.165) is 60.6 Å². The molecule has 32 heavy (non-hydrogen) atoms. The molecule has 0 aliphatic carbocycles. The van der Waals surface area contributed by atoms with Crippen molar-refractivity contribution in [2.75, 3.05) is 27.3 Å². The highest BCUT2D eigenvalue weighted by atomic mass is 32.2. The van der Waals surface area contributed by atoms with E-state index in [2.05, 4.69) is 27.9 Å². The fourth-order valence-electron chi connectivity index (χ4n) is 4.19. The summed E-state index contributed by atoms with van der Waals surface area (Å²) in [4.78, 5) is 16.4. The molecular weight excluding hydrogens is 420 g/mol. The van der Waals surface area contributed by atoms with Crippen molar-refractivity contribution < 1.29 is 9.47 Å². The van der Waals surface area contributed by atoms with Gasteiger partial charge in [-0.3, -0.25) is 9.88 Å². The molecule has 0 spiro atoms. The fraction of sp³-hybridized carbons (Fsp3) is 0.400. The second-order valence-electron chi connectivity index (χ2n) is 8.08. The van der Waals surface area contributed by atoms with E-state index in [1.807, 2.05) is 42.7 Å². The summed E-state index contributed by atoms with van der Waals surface area (Å²) in [5.41, 5.74) is 4.57. The normalized spacial score (nSPS) is 16.7. The maximum absolute atomic E-state index is 5.60. The van der Waals surface area contributed by atoms with Gasteiger partial charge in [0.25, 0.3) is 0 Å². The van der Waals surface area contributed by atoms with Gasteiger partial charge in [-0.1, -0.05) is 23.9 Å². The molecule has 0 bridgehead atoms. The van der Waals surface area contributed by atoms with Crippen molar-refractivity contribution in [3.63, 3.8) is 0 Å². The minimum atomic E-state index is 0.408. The fourth-order valence-corrected chi connectivity index (χ4v) is 4.93. The van der Waals surface area contributed by atoms with Crippen LogP contribution >= 0.6 is 11.8 Å². The first-order valence-electron chi connectivity index (χ1n) is 11.0.